The average molecular weight is 448 g/mol. The van der Waals surface area contributed by atoms with Crippen molar-refractivity contribution in [1.82, 2.24) is 10.3 Å². The Kier molecular flexibility index (Phi) is 5.49. The molecule has 1 aliphatic rings. The number of fused-ring (bicyclic) bond motifs is 1. The Morgan fingerprint density at radius 3 is 2.67 bits per heavy atom. The summed E-state index contributed by atoms with van der Waals surface area (Å²) in [6.45, 7) is 8.82. The van der Waals surface area contributed by atoms with Crippen LogP contribution in [0.3, 0.4) is 0 Å². The molecule has 9 heteroatoms. The van der Waals surface area contributed by atoms with Crippen molar-refractivity contribution in [2.75, 3.05) is 0 Å². The number of hydrogen-bond acceptors (Lipinski definition) is 5. The molecule has 3 heterocycles. The highest BCUT2D eigenvalue weighted by Gasteiger charge is 2.44. The first-order valence-corrected chi connectivity index (χ1v) is 9.77. The lowest BCUT2D eigenvalue weighted by molar-refractivity contribution is -0.0970. The van der Waals surface area contributed by atoms with Crippen LogP contribution in [0.4, 0.5) is 13.2 Å². The van der Waals surface area contributed by atoms with Gasteiger partial charge in [0.25, 0.3) is 0 Å². The van der Waals surface area contributed by atoms with Gasteiger partial charge >= 0.3 is 6.18 Å². The maximum atomic E-state index is 13.6. The van der Waals surface area contributed by atoms with Crippen molar-refractivity contribution >= 4 is 16.8 Å². The van der Waals surface area contributed by atoms with Crippen LogP contribution in [0.2, 0.25) is 0 Å². The summed E-state index contributed by atoms with van der Waals surface area (Å²) in [5.41, 5.74) is -0.799. The van der Waals surface area contributed by atoms with Gasteiger partial charge in [0.2, 0.25) is 0 Å². The number of allylic oxidation sites excluding steroid dienone is 3. The number of rotatable bonds is 4. The SMILES string of the molecule is [C-]#[N+]C1=C(C)NC(C(F)(F)F)=C(C#N)C1c1cc2c(CC(=O)c3ccccc3)nccc2o1. The number of alkyl halides is 3. The van der Waals surface area contributed by atoms with Crippen molar-refractivity contribution in [2.45, 2.75) is 25.4 Å². The Balaban J connectivity index is 1.83. The molecule has 0 radical (unpaired) electrons. The molecule has 2 aromatic heterocycles. The van der Waals surface area contributed by atoms with Crippen LogP contribution in [0.5, 0.6) is 0 Å². The zero-order chi connectivity index (χ0) is 23.8. The standard InChI is InChI=1S/C24H15F3N4O2/c1-13-22(29-2)21(16(12-28)23(31-13)24(25,26)27)20-10-15-17(30-9-8-19(15)33-20)11-18(32)14-6-4-3-5-7-14/h3-10,21,31H,11H2,1H3. The third-order valence-corrected chi connectivity index (χ3v) is 5.31. The molecule has 0 saturated heterocycles. The van der Waals surface area contributed by atoms with Crippen LogP contribution in [-0.2, 0) is 6.42 Å². The summed E-state index contributed by atoms with van der Waals surface area (Å²) in [5.74, 6) is -1.53. The van der Waals surface area contributed by atoms with Gasteiger partial charge in [-0.3, -0.25) is 9.78 Å². The van der Waals surface area contributed by atoms with E-state index in [1.807, 2.05) is 0 Å². The van der Waals surface area contributed by atoms with Crippen LogP contribution in [0.15, 0.2) is 75.7 Å². The van der Waals surface area contributed by atoms with Crippen LogP contribution in [0.1, 0.15) is 34.7 Å². The fourth-order valence-corrected chi connectivity index (χ4v) is 3.79. The number of furan rings is 1. The Bertz CT molecular complexity index is 1400. The van der Waals surface area contributed by atoms with E-state index in [1.54, 1.807) is 36.4 Å². The monoisotopic (exact) mass is 448 g/mol. The molecule has 0 saturated carbocycles. The Hall–Kier alpha value is -4.37. The molecule has 1 unspecified atom stereocenters. The second-order valence-corrected chi connectivity index (χ2v) is 7.36. The zero-order valence-corrected chi connectivity index (χ0v) is 17.2. The normalized spacial score (nSPS) is 16.4. The van der Waals surface area contributed by atoms with Crippen LogP contribution in [0.25, 0.3) is 15.8 Å². The number of benzene rings is 1. The first-order valence-electron chi connectivity index (χ1n) is 9.77. The predicted molar refractivity (Wildman–Crippen MR) is 112 cm³/mol. The Labute approximate surface area is 186 Å². The summed E-state index contributed by atoms with van der Waals surface area (Å²) in [5, 5.41) is 12.1. The highest BCUT2D eigenvalue weighted by molar-refractivity contribution is 5.99. The molecule has 33 heavy (non-hydrogen) atoms. The van der Waals surface area contributed by atoms with E-state index in [1.165, 1.54) is 25.3 Å². The van der Waals surface area contributed by atoms with Crippen molar-refractivity contribution < 1.29 is 22.4 Å². The number of dihydropyridines is 1. The molecule has 4 rings (SSSR count). The van der Waals surface area contributed by atoms with Gasteiger partial charge in [0, 0.05) is 22.8 Å². The zero-order valence-electron chi connectivity index (χ0n) is 17.2. The Morgan fingerprint density at radius 1 is 1.30 bits per heavy atom. The number of nitrogens with one attached hydrogen (secondary N) is 1. The lowest BCUT2D eigenvalue weighted by atomic mass is 9.88. The first-order chi connectivity index (χ1) is 15.7. The number of nitriles is 1. The van der Waals surface area contributed by atoms with Crippen molar-refractivity contribution in [3.8, 4) is 6.07 Å². The minimum absolute atomic E-state index is 0.00319. The predicted octanol–water partition coefficient (Wildman–Crippen LogP) is 5.43. The van der Waals surface area contributed by atoms with Gasteiger partial charge in [0.1, 0.15) is 17.0 Å². The molecule has 0 fully saturated rings. The summed E-state index contributed by atoms with van der Waals surface area (Å²) in [4.78, 5) is 20.3. The van der Waals surface area contributed by atoms with E-state index < -0.39 is 23.4 Å². The van der Waals surface area contributed by atoms with Gasteiger partial charge in [-0.05, 0) is 19.1 Å². The second kappa shape index (κ2) is 8.29. The molecule has 0 bridgehead atoms. The van der Waals surface area contributed by atoms with Gasteiger partial charge in [-0.15, -0.1) is 0 Å². The molecular weight excluding hydrogens is 433 g/mol. The third-order valence-electron chi connectivity index (χ3n) is 5.31. The van der Waals surface area contributed by atoms with Gasteiger partial charge in [-0.25, -0.2) is 4.85 Å². The number of halogens is 3. The number of nitrogens with zero attached hydrogens (tertiary/aromatic N) is 3. The quantitative estimate of drug-likeness (QED) is 0.425. The molecule has 3 aromatic rings. The van der Waals surface area contributed by atoms with Crippen molar-refractivity contribution in [1.29, 1.82) is 5.26 Å². The van der Waals surface area contributed by atoms with E-state index >= 15 is 0 Å². The summed E-state index contributed by atoms with van der Waals surface area (Å²) in [6.07, 6.45) is -3.44. The molecular formula is C24H15F3N4O2. The number of hydrogen-bond donors (Lipinski definition) is 1. The smallest absolute Gasteiger partial charge is 0.432 e. The van der Waals surface area contributed by atoms with Crippen molar-refractivity contribution in [3.05, 3.63) is 99.8 Å². The fraction of sp³-hybridized carbons (Fsp3) is 0.167. The van der Waals surface area contributed by atoms with Crippen molar-refractivity contribution in [3.63, 3.8) is 0 Å². The summed E-state index contributed by atoms with van der Waals surface area (Å²) >= 11 is 0. The van der Waals surface area contributed by atoms with E-state index in [0.717, 1.165) is 0 Å². The maximum Gasteiger partial charge on any atom is 0.432 e. The minimum atomic E-state index is -4.82. The molecule has 164 valence electrons. The molecule has 0 amide bonds. The maximum absolute atomic E-state index is 13.6. The number of carbonyl (C=O) groups excluding carboxylic acids is 1. The van der Waals surface area contributed by atoms with Gasteiger partial charge in [-0.2, -0.15) is 18.4 Å². The summed E-state index contributed by atoms with van der Waals surface area (Å²) in [7, 11) is 0. The van der Waals surface area contributed by atoms with Crippen LogP contribution in [0, 0.1) is 17.9 Å². The highest BCUT2D eigenvalue weighted by Crippen LogP contribution is 2.44. The number of pyridine rings is 1. The average Bonchev–Trinajstić information content (AvgIpc) is 3.23. The lowest BCUT2D eigenvalue weighted by Gasteiger charge is -2.27. The van der Waals surface area contributed by atoms with Gasteiger partial charge in [-0.1, -0.05) is 30.3 Å². The van der Waals surface area contributed by atoms with E-state index in [4.69, 9.17) is 11.0 Å². The van der Waals surface area contributed by atoms with Crippen LogP contribution in [-0.4, -0.2) is 16.9 Å². The van der Waals surface area contributed by atoms with Crippen LogP contribution >= 0.6 is 0 Å². The van der Waals surface area contributed by atoms with E-state index in [-0.39, 0.29) is 29.4 Å². The van der Waals surface area contributed by atoms with Gasteiger partial charge in [0.05, 0.1) is 36.2 Å². The van der Waals surface area contributed by atoms with E-state index in [2.05, 4.69) is 15.1 Å². The number of ketones is 1. The number of aromatic nitrogens is 1. The topological polar surface area (TPSA) is 83.3 Å². The second-order valence-electron chi connectivity index (χ2n) is 7.36. The fourth-order valence-electron chi connectivity index (χ4n) is 3.79. The van der Waals surface area contributed by atoms with Gasteiger partial charge in [0.15, 0.2) is 11.5 Å². The van der Waals surface area contributed by atoms with Gasteiger partial charge < -0.3 is 9.73 Å². The summed E-state index contributed by atoms with van der Waals surface area (Å²) in [6, 6.07) is 13.2. The molecule has 1 atom stereocenters. The molecule has 6 nitrogen and oxygen atoms in total. The lowest BCUT2D eigenvalue weighted by Crippen LogP contribution is -2.32. The number of carbonyl (C=O) groups is 1. The minimum Gasteiger partial charge on any atom is -0.461 e. The highest BCUT2D eigenvalue weighted by atomic mass is 19.4. The largest absolute Gasteiger partial charge is 0.461 e. The third kappa shape index (κ3) is 3.97. The molecule has 1 N–H and O–H groups in total. The molecule has 0 aliphatic carbocycles. The number of Topliss-reactive ketones (excluding diaryl/α,β-unsaturated/α-hetero) is 1. The summed E-state index contributed by atoms with van der Waals surface area (Å²) < 4.78 is 46.6. The van der Waals surface area contributed by atoms with Crippen LogP contribution < -0.4 is 5.32 Å². The van der Waals surface area contributed by atoms with E-state index in [9.17, 15) is 23.2 Å². The Morgan fingerprint density at radius 2 is 2.03 bits per heavy atom. The first kappa shape index (κ1) is 21.8. The van der Waals surface area contributed by atoms with Crippen molar-refractivity contribution in [2.24, 2.45) is 0 Å². The van der Waals surface area contributed by atoms with E-state index in [0.29, 0.717) is 22.2 Å². The molecule has 1 aromatic carbocycles. The molecule has 1 aliphatic heterocycles. The molecule has 0 spiro atoms.